The highest BCUT2D eigenvalue weighted by Gasteiger charge is 2.36. The van der Waals surface area contributed by atoms with Gasteiger partial charge in [0.15, 0.2) is 0 Å². The van der Waals surface area contributed by atoms with E-state index in [1.807, 2.05) is 31.2 Å². The zero-order valence-electron chi connectivity index (χ0n) is 19.5. The first-order chi connectivity index (χ1) is 15.3. The Morgan fingerprint density at radius 1 is 0.969 bits per heavy atom. The van der Waals surface area contributed by atoms with Crippen LogP contribution in [0.25, 0.3) is 4.91 Å². The van der Waals surface area contributed by atoms with Gasteiger partial charge in [-0.3, -0.25) is 4.79 Å². The van der Waals surface area contributed by atoms with Gasteiger partial charge in [-0.25, -0.2) is 0 Å². The Morgan fingerprint density at radius 3 is 2.12 bits per heavy atom. The molecule has 7 heteroatoms. The van der Waals surface area contributed by atoms with Gasteiger partial charge in [-0.1, -0.05) is 51.0 Å². The smallest absolute Gasteiger partial charge is 0.285 e. The van der Waals surface area contributed by atoms with Crippen LogP contribution in [-0.4, -0.2) is 56.1 Å². The maximum absolute atomic E-state index is 13.0. The van der Waals surface area contributed by atoms with E-state index >= 15 is 0 Å². The average Bonchev–Trinajstić information content (AvgIpc) is 2.95. The zero-order chi connectivity index (χ0) is 22.9. The Morgan fingerprint density at radius 2 is 1.56 bits per heavy atom. The van der Waals surface area contributed by atoms with Crippen molar-refractivity contribution in [3.8, 4) is 0 Å². The molecule has 0 radical (unpaired) electrons. The third-order valence-electron chi connectivity index (χ3n) is 7.04. The second kappa shape index (κ2) is 9.38. The first kappa shape index (κ1) is 23.0. The van der Waals surface area contributed by atoms with Crippen molar-refractivity contribution in [2.24, 2.45) is 10.3 Å². The van der Waals surface area contributed by atoms with Crippen LogP contribution in [0.15, 0.2) is 34.2 Å². The van der Waals surface area contributed by atoms with Crippen LogP contribution in [0.5, 0.6) is 0 Å². The molecule has 3 heterocycles. The molecular weight excluding hydrogens is 422 g/mol. The Kier molecular flexibility index (Phi) is 6.75. The summed E-state index contributed by atoms with van der Waals surface area (Å²) in [7, 11) is -3.72. The number of piperidine rings is 1. The maximum Gasteiger partial charge on any atom is 0.285 e. The lowest BCUT2D eigenvalue weighted by molar-refractivity contribution is -0.136. The SMILES string of the molecule is CC1=C(c2ccc(C(C)C)cc2)S(=O)(=O)N=C1N1CCC(C(=O)N2CCCCCC2)CC1. The number of carbonyl (C=O) groups excluding carboxylic acids is 1. The second-order valence-electron chi connectivity index (χ2n) is 9.62. The first-order valence-electron chi connectivity index (χ1n) is 12.0. The molecule has 1 amide bonds. The van der Waals surface area contributed by atoms with Gasteiger partial charge in [0.2, 0.25) is 5.91 Å². The van der Waals surface area contributed by atoms with Crippen molar-refractivity contribution in [2.75, 3.05) is 26.2 Å². The van der Waals surface area contributed by atoms with E-state index in [0.717, 1.165) is 38.8 Å². The highest BCUT2D eigenvalue weighted by molar-refractivity contribution is 8.00. The minimum Gasteiger partial charge on any atom is -0.356 e. The van der Waals surface area contributed by atoms with Gasteiger partial charge in [-0.05, 0) is 49.7 Å². The highest BCUT2D eigenvalue weighted by Crippen LogP contribution is 2.35. The molecule has 3 aliphatic heterocycles. The number of nitrogens with zero attached hydrogens (tertiary/aromatic N) is 3. The Bertz CT molecular complexity index is 1010. The summed E-state index contributed by atoms with van der Waals surface area (Å²) >= 11 is 0. The zero-order valence-corrected chi connectivity index (χ0v) is 20.3. The van der Waals surface area contributed by atoms with E-state index in [9.17, 15) is 13.2 Å². The van der Waals surface area contributed by atoms with Crippen molar-refractivity contribution in [3.63, 3.8) is 0 Å². The number of amidine groups is 1. The van der Waals surface area contributed by atoms with Gasteiger partial charge in [-0.2, -0.15) is 8.42 Å². The summed E-state index contributed by atoms with van der Waals surface area (Å²) in [5.74, 6) is 1.26. The van der Waals surface area contributed by atoms with Crippen molar-refractivity contribution in [1.29, 1.82) is 0 Å². The third-order valence-corrected chi connectivity index (χ3v) is 8.51. The molecule has 0 spiro atoms. The Labute approximate surface area is 192 Å². The topological polar surface area (TPSA) is 70.0 Å². The number of carbonyl (C=O) groups is 1. The summed E-state index contributed by atoms with van der Waals surface area (Å²) in [5, 5.41) is 0. The van der Waals surface area contributed by atoms with E-state index in [0.29, 0.717) is 40.9 Å². The normalized spacial score (nSPS) is 22.3. The van der Waals surface area contributed by atoms with Gasteiger partial charge in [0, 0.05) is 37.7 Å². The van der Waals surface area contributed by atoms with E-state index in [4.69, 9.17) is 0 Å². The van der Waals surface area contributed by atoms with E-state index < -0.39 is 10.0 Å². The maximum atomic E-state index is 13.0. The number of hydrogen-bond donors (Lipinski definition) is 0. The minimum absolute atomic E-state index is 0.0373. The summed E-state index contributed by atoms with van der Waals surface area (Å²) in [5.41, 5.74) is 2.58. The molecule has 0 bridgehead atoms. The number of rotatable bonds is 3. The predicted octanol–water partition coefficient (Wildman–Crippen LogP) is 4.40. The number of hydrogen-bond acceptors (Lipinski definition) is 4. The molecule has 32 heavy (non-hydrogen) atoms. The second-order valence-corrected chi connectivity index (χ2v) is 11.2. The van der Waals surface area contributed by atoms with Crippen molar-refractivity contribution < 1.29 is 13.2 Å². The van der Waals surface area contributed by atoms with Gasteiger partial charge < -0.3 is 9.80 Å². The van der Waals surface area contributed by atoms with Crippen LogP contribution in [0.3, 0.4) is 0 Å². The summed E-state index contributed by atoms with van der Waals surface area (Å²) in [6, 6.07) is 7.76. The van der Waals surface area contributed by atoms with Crippen molar-refractivity contribution in [3.05, 3.63) is 41.0 Å². The molecule has 6 nitrogen and oxygen atoms in total. The molecule has 4 rings (SSSR count). The van der Waals surface area contributed by atoms with Crippen LogP contribution in [0.1, 0.15) is 76.3 Å². The fourth-order valence-electron chi connectivity index (χ4n) is 5.09. The lowest BCUT2D eigenvalue weighted by atomic mass is 9.94. The van der Waals surface area contributed by atoms with Crippen molar-refractivity contribution in [2.45, 2.75) is 65.2 Å². The fraction of sp³-hybridized carbons (Fsp3) is 0.600. The van der Waals surface area contributed by atoms with Gasteiger partial charge >= 0.3 is 0 Å². The molecule has 0 unspecified atom stereocenters. The molecule has 3 aliphatic rings. The molecule has 0 saturated carbocycles. The number of benzene rings is 1. The molecule has 2 fully saturated rings. The van der Waals surface area contributed by atoms with E-state index in [-0.39, 0.29) is 11.8 Å². The van der Waals surface area contributed by atoms with Crippen LogP contribution in [0.2, 0.25) is 0 Å². The summed E-state index contributed by atoms with van der Waals surface area (Å²) in [4.78, 5) is 17.4. The predicted molar refractivity (Wildman–Crippen MR) is 129 cm³/mol. The van der Waals surface area contributed by atoms with Crippen molar-refractivity contribution in [1.82, 2.24) is 9.80 Å². The quantitative estimate of drug-likeness (QED) is 0.675. The van der Waals surface area contributed by atoms with E-state index in [1.54, 1.807) is 0 Å². The van der Waals surface area contributed by atoms with Gasteiger partial charge in [-0.15, -0.1) is 4.40 Å². The number of likely N-dealkylation sites (tertiary alicyclic amines) is 2. The average molecular weight is 458 g/mol. The minimum atomic E-state index is -3.72. The van der Waals surface area contributed by atoms with Crippen LogP contribution in [0, 0.1) is 5.92 Å². The lowest BCUT2D eigenvalue weighted by Crippen LogP contribution is -2.44. The van der Waals surface area contributed by atoms with Gasteiger partial charge in [0.25, 0.3) is 10.0 Å². The molecule has 2 saturated heterocycles. The molecule has 0 aliphatic carbocycles. The molecule has 1 aromatic rings. The number of amides is 1. The summed E-state index contributed by atoms with van der Waals surface area (Å²) in [6.07, 6.45) is 6.13. The monoisotopic (exact) mass is 457 g/mol. The fourth-order valence-corrected chi connectivity index (χ4v) is 6.57. The molecule has 0 N–H and O–H groups in total. The largest absolute Gasteiger partial charge is 0.356 e. The number of sulfonamides is 1. The molecule has 0 aromatic heterocycles. The molecule has 0 atom stereocenters. The standard InChI is InChI=1S/C25H35N3O3S/c1-18(2)20-8-10-21(11-9-20)23-19(3)24(26-32(23,30)31)27-16-12-22(13-17-27)25(29)28-14-6-4-5-7-15-28/h8-11,18,22H,4-7,12-17H2,1-3H3. The Hall–Kier alpha value is -2.15. The van der Waals surface area contributed by atoms with Crippen LogP contribution >= 0.6 is 0 Å². The van der Waals surface area contributed by atoms with Gasteiger partial charge in [0.1, 0.15) is 10.7 Å². The lowest BCUT2D eigenvalue weighted by Gasteiger charge is -2.35. The molecule has 1 aromatic carbocycles. The van der Waals surface area contributed by atoms with Crippen LogP contribution in [0.4, 0.5) is 0 Å². The molecular formula is C25H35N3O3S. The summed E-state index contributed by atoms with van der Waals surface area (Å²) in [6.45, 7) is 9.17. The highest BCUT2D eigenvalue weighted by atomic mass is 32.2. The van der Waals surface area contributed by atoms with Crippen LogP contribution < -0.4 is 0 Å². The van der Waals surface area contributed by atoms with Gasteiger partial charge in [0.05, 0.1) is 0 Å². The Balaban J connectivity index is 1.47. The third kappa shape index (κ3) is 4.63. The van der Waals surface area contributed by atoms with Crippen molar-refractivity contribution >= 4 is 26.7 Å². The van der Waals surface area contributed by atoms with Crippen LogP contribution in [-0.2, 0) is 14.8 Å². The van der Waals surface area contributed by atoms with E-state index in [2.05, 4.69) is 28.0 Å². The molecule has 174 valence electrons. The van der Waals surface area contributed by atoms with E-state index in [1.165, 1.54) is 18.4 Å². The first-order valence-corrected chi connectivity index (χ1v) is 13.4. The summed E-state index contributed by atoms with van der Waals surface area (Å²) < 4.78 is 30.0.